The van der Waals surface area contributed by atoms with E-state index in [1.807, 2.05) is 4.90 Å². The number of hydrogen-bond donors (Lipinski definition) is 1. The lowest BCUT2D eigenvalue weighted by Gasteiger charge is -2.53. The maximum atomic E-state index is 12.4. The molecular weight excluding hydrogens is 304 g/mol. The standard InChI is InChI=1S/C19H34N2O3/c1-24-13-9-18(23)21-11-5-10-19(15-21)14-20(12-8-17(19)22)16-6-3-2-4-7-16/h16-17,22H,2-15H2,1H3/t17-,19-/m1/s1. The summed E-state index contributed by atoms with van der Waals surface area (Å²) in [6.07, 6.45) is 9.78. The van der Waals surface area contributed by atoms with Crippen molar-refractivity contribution < 1.29 is 14.6 Å². The average molecular weight is 338 g/mol. The third-order valence-electron chi connectivity index (χ3n) is 6.49. The summed E-state index contributed by atoms with van der Waals surface area (Å²) < 4.78 is 5.05. The zero-order valence-corrected chi connectivity index (χ0v) is 15.2. The molecule has 1 aliphatic carbocycles. The SMILES string of the molecule is COCCC(=O)N1CCC[C@]2(C1)CN(C1CCCCC1)CC[C@H]2O. The van der Waals surface area contributed by atoms with Crippen molar-refractivity contribution in [2.24, 2.45) is 5.41 Å². The van der Waals surface area contributed by atoms with Gasteiger partial charge >= 0.3 is 0 Å². The smallest absolute Gasteiger partial charge is 0.224 e. The molecule has 1 N–H and O–H groups in total. The van der Waals surface area contributed by atoms with E-state index in [0.29, 0.717) is 19.1 Å². The summed E-state index contributed by atoms with van der Waals surface area (Å²) in [5, 5.41) is 10.8. The van der Waals surface area contributed by atoms with Crippen molar-refractivity contribution >= 4 is 5.91 Å². The molecule has 5 nitrogen and oxygen atoms in total. The maximum Gasteiger partial charge on any atom is 0.224 e. The van der Waals surface area contributed by atoms with Crippen LogP contribution in [0.1, 0.15) is 57.8 Å². The minimum Gasteiger partial charge on any atom is -0.392 e. The molecule has 0 unspecified atom stereocenters. The van der Waals surface area contributed by atoms with E-state index in [0.717, 1.165) is 45.4 Å². The summed E-state index contributed by atoms with van der Waals surface area (Å²) in [6, 6.07) is 0.697. The summed E-state index contributed by atoms with van der Waals surface area (Å²) in [4.78, 5) is 17.0. The molecule has 0 bridgehead atoms. The van der Waals surface area contributed by atoms with E-state index in [1.165, 1.54) is 32.1 Å². The van der Waals surface area contributed by atoms with Gasteiger partial charge in [-0.25, -0.2) is 0 Å². The molecule has 0 radical (unpaired) electrons. The van der Waals surface area contributed by atoms with Crippen LogP contribution >= 0.6 is 0 Å². The number of aliphatic hydroxyl groups excluding tert-OH is 1. The number of piperidine rings is 2. The number of ether oxygens (including phenoxy) is 1. The van der Waals surface area contributed by atoms with Gasteiger partial charge in [-0.2, -0.15) is 0 Å². The van der Waals surface area contributed by atoms with Crippen LogP contribution in [0.25, 0.3) is 0 Å². The highest BCUT2D eigenvalue weighted by atomic mass is 16.5. The molecule has 3 aliphatic rings. The van der Waals surface area contributed by atoms with Gasteiger partial charge in [-0.05, 0) is 32.1 Å². The number of likely N-dealkylation sites (tertiary alicyclic amines) is 2. The van der Waals surface area contributed by atoms with Crippen LogP contribution in [-0.2, 0) is 9.53 Å². The van der Waals surface area contributed by atoms with Crippen molar-refractivity contribution in [3.8, 4) is 0 Å². The van der Waals surface area contributed by atoms with E-state index < -0.39 is 0 Å². The van der Waals surface area contributed by atoms with Crippen molar-refractivity contribution in [2.45, 2.75) is 69.9 Å². The molecule has 24 heavy (non-hydrogen) atoms. The number of nitrogens with zero attached hydrogens (tertiary/aromatic N) is 2. The first-order chi connectivity index (χ1) is 11.6. The number of aliphatic hydroxyl groups is 1. The zero-order chi connectivity index (χ0) is 17.0. The molecule has 2 heterocycles. The van der Waals surface area contributed by atoms with Crippen LogP contribution in [0.3, 0.4) is 0 Å². The fraction of sp³-hybridized carbons (Fsp3) is 0.947. The molecule has 0 aromatic carbocycles. The van der Waals surface area contributed by atoms with Crippen LogP contribution in [0.2, 0.25) is 0 Å². The van der Waals surface area contributed by atoms with Gasteiger partial charge < -0.3 is 14.7 Å². The van der Waals surface area contributed by atoms with Gasteiger partial charge in [0.05, 0.1) is 19.1 Å². The molecule has 1 amide bonds. The predicted octanol–water partition coefficient (Wildman–Crippen LogP) is 2.03. The number of rotatable bonds is 4. The molecule has 138 valence electrons. The van der Waals surface area contributed by atoms with E-state index in [9.17, 15) is 9.90 Å². The van der Waals surface area contributed by atoms with Crippen LogP contribution in [0, 0.1) is 5.41 Å². The fourth-order valence-electron chi connectivity index (χ4n) is 5.06. The molecule has 1 saturated carbocycles. The Morgan fingerprint density at radius 3 is 2.67 bits per heavy atom. The Balaban J connectivity index is 1.65. The Morgan fingerprint density at radius 1 is 1.12 bits per heavy atom. The zero-order valence-electron chi connectivity index (χ0n) is 15.2. The lowest BCUT2D eigenvalue weighted by molar-refractivity contribution is -0.143. The Bertz CT molecular complexity index is 425. The van der Waals surface area contributed by atoms with E-state index >= 15 is 0 Å². The van der Waals surface area contributed by atoms with E-state index in [-0.39, 0.29) is 17.4 Å². The minimum atomic E-state index is -0.268. The van der Waals surface area contributed by atoms with Crippen molar-refractivity contribution in [2.75, 3.05) is 39.9 Å². The average Bonchev–Trinajstić information content (AvgIpc) is 2.63. The number of methoxy groups -OCH3 is 1. The van der Waals surface area contributed by atoms with Gasteiger partial charge in [0.15, 0.2) is 0 Å². The molecule has 2 saturated heterocycles. The van der Waals surface area contributed by atoms with Crippen LogP contribution in [0.15, 0.2) is 0 Å². The highest BCUT2D eigenvalue weighted by molar-refractivity contribution is 5.76. The molecule has 0 aromatic heterocycles. The Labute approximate surface area is 146 Å². The summed E-state index contributed by atoms with van der Waals surface area (Å²) in [7, 11) is 1.64. The van der Waals surface area contributed by atoms with Crippen molar-refractivity contribution in [3.05, 3.63) is 0 Å². The molecule has 2 atom stereocenters. The van der Waals surface area contributed by atoms with E-state index in [2.05, 4.69) is 4.90 Å². The lowest BCUT2D eigenvalue weighted by atomic mass is 9.71. The second-order valence-electron chi connectivity index (χ2n) is 8.09. The van der Waals surface area contributed by atoms with Gasteiger partial charge in [-0.1, -0.05) is 19.3 Å². The fourth-order valence-corrected chi connectivity index (χ4v) is 5.06. The molecule has 3 fully saturated rings. The van der Waals surface area contributed by atoms with Crippen LogP contribution in [-0.4, -0.2) is 72.9 Å². The molecule has 3 rings (SSSR count). The number of carbonyl (C=O) groups excluding carboxylic acids is 1. The monoisotopic (exact) mass is 338 g/mol. The number of amides is 1. The topological polar surface area (TPSA) is 53.0 Å². The third kappa shape index (κ3) is 3.94. The van der Waals surface area contributed by atoms with Crippen LogP contribution < -0.4 is 0 Å². The first kappa shape index (κ1) is 18.2. The maximum absolute atomic E-state index is 12.4. The summed E-state index contributed by atoms with van der Waals surface area (Å²) >= 11 is 0. The minimum absolute atomic E-state index is 0.114. The Hall–Kier alpha value is -0.650. The number of hydrogen-bond acceptors (Lipinski definition) is 4. The van der Waals surface area contributed by atoms with Gasteiger partial charge in [0.1, 0.15) is 0 Å². The molecule has 1 spiro atoms. The first-order valence-electron chi connectivity index (χ1n) is 9.83. The summed E-state index contributed by atoms with van der Waals surface area (Å²) in [6.45, 7) is 4.03. The normalized spacial score (nSPS) is 33.1. The van der Waals surface area contributed by atoms with Gasteiger partial charge in [0.25, 0.3) is 0 Å². The number of carbonyl (C=O) groups is 1. The van der Waals surface area contributed by atoms with Crippen molar-refractivity contribution in [3.63, 3.8) is 0 Å². The Kier molecular flexibility index (Phi) is 6.17. The summed E-state index contributed by atoms with van der Waals surface area (Å²) in [5.74, 6) is 0.179. The van der Waals surface area contributed by atoms with Gasteiger partial charge in [0, 0.05) is 44.7 Å². The first-order valence-corrected chi connectivity index (χ1v) is 9.83. The second kappa shape index (κ2) is 8.15. The van der Waals surface area contributed by atoms with Gasteiger partial charge in [0.2, 0.25) is 5.91 Å². The highest BCUT2D eigenvalue weighted by Crippen LogP contribution is 2.40. The van der Waals surface area contributed by atoms with Crippen LogP contribution in [0.5, 0.6) is 0 Å². The second-order valence-corrected chi connectivity index (χ2v) is 8.09. The van der Waals surface area contributed by atoms with Crippen molar-refractivity contribution in [1.82, 2.24) is 9.80 Å². The van der Waals surface area contributed by atoms with E-state index in [1.54, 1.807) is 7.11 Å². The molecule has 2 aliphatic heterocycles. The van der Waals surface area contributed by atoms with Gasteiger partial charge in [-0.3, -0.25) is 9.69 Å². The van der Waals surface area contributed by atoms with Crippen LogP contribution in [0.4, 0.5) is 0 Å². The van der Waals surface area contributed by atoms with Gasteiger partial charge in [-0.15, -0.1) is 0 Å². The van der Waals surface area contributed by atoms with Crippen molar-refractivity contribution in [1.29, 1.82) is 0 Å². The quantitative estimate of drug-likeness (QED) is 0.852. The third-order valence-corrected chi connectivity index (χ3v) is 6.49. The summed E-state index contributed by atoms with van der Waals surface area (Å²) in [5.41, 5.74) is -0.114. The Morgan fingerprint density at radius 2 is 1.92 bits per heavy atom. The largest absolute Gasteiger partial charge is 0.392 e. The molecule has 0 aromatic rings. The molecule has 5 heteroatoms. The highest BCUT2D eigenvalue weighted by Gasteiger charge is 2.47. The molecular formula is C19H34N2O3. The lowest BCUT2D eigenvalue weighted by Crippen LogP contribution is -2.61. The van der Waals surface area contributed by atoms with E-state index in [4.69, 9.17) is 4.74 Å². The predicted molar refractivity (Wildman–Crippen MR) is 93.8 cm³/mol.